The van der Waals surface area contributed by atoms with Crippen molar-refractivity contribution in [2.24, 2.45) is 0 Å². The molecule has 0 spiro atoms. The summed E-state index contributed by atoms with van der Waals surface area (Å²) in [6.45, 7) is 0. The molecule has 0 N–H and O–H groups in total. The van der Waals surface area contributed by atoms with Gasteiger partial charge < -0.3 is 8.83 Å². The van der Waals surface area contributed by atoms with E-state index in [0.29, 0.717) is 33.3 Å². The molecule has 0 aliphatic heterocycles. The molecule has 4 rings (SSSR count). The van der Waals surface area contributed by atoms with Gasteiger partial charge in [-0.05, 0) is 48.5 Å². The highest BCUT2D eigenvalue weighted by Gasteiger charge is 2.13. The minimum absolute atomic E-state index is 0.0425. The molecular formula is C18H8FNO3. The minimum atomic E-state index is -0.683. The average Bonchev–Trinajstić information content (AvgIpc) is 2.99. The number of furan rings is 1. The van der Waals surface area contributed by atoms with Gasteiger partial charge in [-0.1, -0.05) is 0 Å². The predicted molar refractivity (Wildman–Crippen MR) is 82.4 cm³/mol. The molecule has 2 aromatic carbocycles. The van der Waals surface area contributed by atoms with Crippen molar-refractivity contribution in [3.05, 3.63) is 70.3 Å². The van der Waals surface area contributed by atoms with Crippen LogP contribution < -0.4 is 5.63 Å². The van der Waals surface area contributed by atoms with E-state index in [-0.39, 0.29) is 11.4 Å². The summed E-state index contributed by atoms with van der Waals surface area (Å²) in [5.41, 5.74) is 0.899. The van der Waals surface area contributed by atoms with Gasteiger partial charge in [0.15, 0.2) is 0 Å². The molecule has 0 amide bonds. The van der Waals surface area contributed by atoms with Crippen molar-refractivity contribution in [2.75, 3.05) is 0 Å². The summed E-state index contributed by atoms with van der Waals surface area (Å²) in [6.07, 6.45) is 0. The van der Waals surface area contributed by atoms with E-state index in [4.69, 9.17) is 14.1 Å². The van der Waals surface area contributed by atoms with Gasteiger partial charge in [-0.15, -0.1) is 0 Å². The Morgan fingerprint density at radius 2 is 1.78 bits per heavy atom. The fourth-order valence-electron chi connectivity index (χ4n) is 2.53. The summed E-state index contributed by atoms with van der Waals surface area (Å²) in [7, 11) is 0. The standard InChI is InChI=1S/C18H8FNO3/c19-13-4-1-10(2-5-13)16-8-14-15(22-16)6-3-11-7-12(9-20)18(21)23-17(11)14/h1-8H. The Morgan fingerprint density at radius 1 is 1.00 bits per heavy atom. The van der Waals surface area contributed by atoms with Crippen molar-refractivity contribution >= 4 is 21.9 Å². The lowest BCUT2D eigenvalue weighted by molar-refractivity contribution is 0.561. The third-order valence-electron chi connectivity index (χ3n) is 3.65. The largest absolute Gasteiger partial charge is 0.456 e. The lowest BCUT2D eigenvalue weighted by Crippen LogP contribution is -2.02. The van der Waals surface area contributed by atoms with Crippen molar-refractivity contribution in [3.8, 4) is 17.4 Å². The maximum atomic E-state index is 13.0. The highest BCUT2D eigenvalue weighted by Crippen LogP contribution is 2.32. The molecule has 2 heterocycles. The zero-order chi connectivity index (χ0) is 16.0. The summed E-state index contributed by atoms with van der Waals surface area (Å²) in [5.74, 6) is 0.213. The summed E-state index contributed by atoms with van der Waals surface area (Å²) < 4.78 is 24.0. The number of halogens is 1. The molecule has 0 aliphatic carbocycles. The van der Waals surface area contributed by atoms with Gasteiger partial charge in [0.05, 0.1) is 5.39 Å². The van der Waals surface area contributed by atoms with Gasteiger partial charge in [-0.3, -0.25) is 0 Å². The molecule has 110 valence electrons. The molecule has 0 atom stereocenters. The van der Waals surface area contributed by atoms with E-state index in [1.807, 2.05) is 0 Å². The first-order valence-corrected chi connectivity index (χ1v) is 6.82. The van der Waals surface area contributed by atoms with Crippen molar-refractivity contribution in [1.29, 1.82) is 5.26 Å². The second-order valence-corrected chi connectivity index (χ2v) is 5.07. The fourth-order valence-corrected chi connectivity index (χ4v) is 2.53. The number of nitriles is 1. The molecule has 0 saturated carbocycles. The normalized spacial score (nSPS) is 11.0. The molecule has 4 nitrogen and oxygen atoms in total. The van der Waals surface area contributed by atoms with Crippen LogP contribution >= 0.6 is 0 Å². The van der Waals surface area contributed by atoms with E-state index in [1.54, 1.807) is 36.4 Å². The lowest BCUT2D eigenvalue weighted by Gasteiger charge is -1.97. The summed E-state index contributed by atoms with van der Waals surface area (Å²) in [5, 5.41) is 10.2. The number of benzene rings is 2. The Balaban J connectivity index is 2.00. The van der Waals surface area contributed by atoms with E-state index in [2.05, 4.69) is 0 Å². The van der Waals surface area contributed by atoms with Gasteiger partial charge >= 0.3 is 5.63 Å². The minimum Gasteiger partial charge on any atom is -0.456 e. The number of rotatable bonds is 1. The molecule has 4 aromatic rings. The Labute approximate surface area is 129 Å². The maximum Gasteiger partial charge on any atom is 0.354 e. The van der Waals surface area contributed by atoms with Gasteiger partial charge in [0.25, 0.3) is 0 Å². The van der Waals surface area contributed by atoms with E-state index >= 15 is 0 Å². The Bertz CT molecular complexity index is 1150. The van der Waals surface area contributed by atoms with Crippen LogP contribution in [-0.2, 0) is 0 Å². The molecule has 0 aliphatic rings. The monoisotopic (exact) mass is 305 g/mol. The number of fused-ring (bicyclic) bond motifs is 3. The van der Waals surface area contributed by atoms with Crippen molar-refractivity contribution in [1.82, 2.24) is 0 Å². The van der Waals surface area contributed by atoms with Crippen LogP contribution in [0, 0.1) is 17.1 Å². The second kappa shape index (κ2) is 4.82. The Morgan fingerprint density at radius 3 is 2.52 bits per heavy atom. The first kappa shape index (κ1) is 13.3. The zero-order valence-corrected chi connectivity index (χ0v) is 11.7. The van der Waals surface area contributed by atoms with Gasteiger partial charge in [0, 0.05) is 10.9 Å². The van der Waals surface area contributed by atoms with Crippen LogP contribution in [0.4, 0.5) is 4.39 Å². The van der Waals surface area contributed by atoms with Crippen LogP contribution in [0.5, 0.6) is 0 Å². The van der Waals surface area contributed by atoms with Gasteiger partial charge in [0.1, 0.15) is 34.4 Å². The number of hydrogen-bond acceptors (Lipinski definition) is 4. The average molecular weight is 305 g/mol. The quantitative estimate of drug-likeness (QED) is 0.494. The highest BCUT2D eigenvalue weighted by atomic mass is 19.1. The van der Waals surface area contributed by atoms with E-state index in [1.165, 1.54) is 18.2 Å². The van der Waals surface area contributed by atoms with Crippen molar-refractivity contribution in [2.45, 2.75) is 0 Å². The molecule has 5 heteroatoms. The summed E-state index contributed by atoms with van der Waals surface area (Å²) >= 11 is 0. The van der Waals surface area contributed by atoms with Crippen LogP contribution in [0.25, 0.3) is 33.3 Å². The first-order chi connectivity index (χ1) is 11.2. The summed E-state index contributed by atoms with van der Waals surface area (Å²) in [6, 6.07) is 14.4. The molecule has 0 saturated heterocycles. The maximum absolute atomic E-state index is 13.0. The Hall–Kier alpha value is -3.39. The van der Waals surface area contributed by atoms with Crippen LogP contribution in [0.1, 0.15) is 5.56 Å². The third-order valence-corrected chi connectivity index (χ3v) is 3.65. The lowest BCUT2D eigenvalue weighted by atomic mass is 10.1. The Kier molecular flexibility index (Phi) is 2.78. The van der Waals surface area contributed by atoms with E-state index in [9.17, 15) is 9.18 Å². The van der Waals surface area contributed by atoms with Crippen LogP contribution in [-0.4, -0.2) is 0 Å². The smallest absolute Gasteiger partial charge is 0.354 e. The van der Waals surface area contributed by atoms with Crippen molar-refractivity contribution < 1.29 is 13.2 Å². The van der Waals surface area contributed by atoms with Crippen molar-refractivity contribution in [3.63, 3.8) is 0 Å². The molecule has 23 heavy (non-hydrogen) atoms. The van der Waals surface area contributed by atoms with Crippen LogP contribution in [0.3, 0.4) is 0 Å². The zero-order valence-electron chi connectivity index (χ0n) is 11.7. The molecular weight excluding hydrogens is 297 g/mol. The van der Waals surface area contributed by atoms with Crippen LogP contribution in [0.15, 0.2) is 62.2 Å². The topological polar surface area (TPSA) is 67.1 Å². The van der Waals surface area contributed by atoms with Gasteiger partial charge in [0.2, 0.25) is 0 Å². The molecule has 0 fully saturated rings. The highest BCUT2D eigenvalue weighted by molar-refractivity contribution is 6.03. The SMILES string of the molecule is N#Cc1cc2ccc3oc(-c4ccc(F)cc4)cc3c2oc1=O. The van der Waals surface area contributed by atoms with E-state index in [0.717, 1.165) is 0 Å². The van der Waals surface area contributed by atoms with Gasteiger partial charge in [-0.25, -0.2) is 9.18 Å². The number of nitrogens with zero attached hydrogens (tertiary/aromatic N) is 1. The predicted octanol–water partition coefficient (Wildman–Crippen LogP) is 4.22. The third kappa shape index (κ3) is 2.09. The number of hydrogen-bond donors (Lipinski definition) is 0. The van der Waals surface area contributed by atoms with E-state index < -0.39 is 5.63 Å². The first-order valence-electron chi connectivity index (χ1n) is 6.82. The molecule has 2 aromatic heterocycles. The molecule has 0 radical (unpaired) electrons. The molecule has 0 unspecified atom stereocenters. The van der Waals surface area contributed by atoms with Crippen LogP contribution in [0.2, 0.25) is 0 Å². The summed E-state index contributed by atoms with van der Waals surface area (Å²) in [4.78, 5) is 11.8. The molecule has 0 bridgehead atoms. The van der Waals surface area contributed by atoms with Gasteiger partial charge in [-0.2, -0.15) is 5.26 Å². The fraction of sp³-hybridized carbons (Fsp3) is 0. The second-order valence-electron chi connectivity index (χ2n) is 5.07.